The molecule has 2 aliphatic rings. The van der Waals surface area contributed by atoms with E-state index >= 15 is 0 Å². The van der Waals surface area contributed by atoms with Crippen molar-refractivity contribution in [2.45, 2.75) is 13.0 Å². The Hall–Kier alpha value is -4.79. The summed E-state index contributed by atoms with van der Waals surface area (Å²) in [4.78, 5) is 42.8. The van der Waals surface area contributed by atoms with Crippen molar-refractivity contribution in [3.05, 3.63) is 89.0 Å². The maximum Gasteiger partial charge on any atom is 0.338 e. The number of carbonyl (C=O) groups excluding carboxylic acids is 3. The molecule has 0 bridgehead atoms. The summed E-state index contributed by atoms with van der Waals surface area (Å²) >= 11 is 0. The molecule has 1 N–H and O–H groups in total. The van der Waals surface area contributed by atoms with Crippen LogP contribution in [0.2, 0.25) is 0 Å². The molecule has 1 amide bonds. The summed E-state index contributed by atoms with van der Waals surface area (Å²) < 4.78 is 16.2. The van der Waals surface area contributed by atoms with Gasteiger partial charge in [-0.15, -0.1) is 0 Å². The highest BCUT2D eigenvalue weighted by Gasteiger charge is 2.47. The van der Waals surface area contributed by atoms with Gasteiger partial charge in [0.05, 0.1) is 43.1 Å². The van der Waals surface area contributed by atoms with Gasteiger partial charge in [-0.2, -0.15) is 0 Å². The van der Waals surface area contributed by atoms with Gasteiger partial charge < -0.3 is 24.2 Å². The number of fused-ring (bicyclic) bond motifs is 1. The maximum atomic E-state index is 13.5. The smallest absolute Gasteiger partial charge is 0.338 e. The van der Waals surface area contributed by atoms with Gasteiger partial charge in [-0.25, -0.2) is 4.79 Å². The van der Waals surface area contributed by atoms with E-state index in [9.17, 15) is 19.5 Å². The number of likely N-dealkylation sites (N-methyl/N-ethyl adjacent to an activating group) is 1. The van der Waals surface area contributed by atoms with Gasteiger partial charge in [-0.1, -0.05) is 18.2 Å². The van der Waals surface area contributed by atoms with Gasteiger partial charge in [0.2, 0.25) is 0 Å². The topological polar surface area (TPSA) is 106 Å². The minimum absolute atomic E-state index is 0.0749. The number of ether oxygens (including phenoxy) is 3. The average molecular weight is 529 g/mol. The van der Waals surface area contributed by atoms with Crippen LogP contribution in [0.15, 0.2) is 72.3 Å². The van der Waals surface area contributed by atoms with E-state index < -0.39 is 23.7 Å². The molecule has 3 aromatic carbocycles. The van der Waals surface area contributed by atoms with Gasteiger partial charge in [0.1, 0.15) is 23.9 Å². The molecule has 1 atom stereocenters. The van der Waals surface area contributed by atoms with Crippen LogP contribution in [0.3, 0.4) is 0 Å². The third kappa shape index (κ3) is 4.67. The molecule has 1 unspecified atom stereocenters. The Balaban J connectivity index is 1.69. The minimum atomic E-state index is -0.984. The van der Waals surface area contributed by atoms with E-state index in [1.165, 1.54) is 18.1 Å². The number of benzene rings is 3. The number of aliphatic hydroxyl groups is 1. The van der Waals surface area contributed by atoms with Crippen molar-refractivity contribution < 1.29 is 33.7 Å². The third-order valence-electron chi connectivity index (χ3n) is 6.82. The van der Waals surface area contributed by atoms with Gasteiger partial charge >= 0.3 is 5.97 Å². The first kappa shape index (κ1) is 25.8. The summed E-state index contributed by atoms with van der Waals surface area (Å²) in [6.45, 7) is 3.11. The lowest BCUT2D eigenvalue weighted by Gasteiger charge is -2.28. The van der Waals surface area contributed by atoms with E-state index in [2.05, 4.69) is 0 Å². The maximum absolute atomic E-state index is 13.5. The zero-order valence-corrected chi connectivity index (χ0v) is 21.8. The van der Waals surface area contributed by atoms with Gasteiger partial charge in [0.15, 0.2) is 0 Å². The number of Topliss-reactive ketones (excluding diaryl/α,β-unsaturated/α-hetero) is 1. The first-order valence-corrected chi connectivity index (χ1v) is 12.5. The lowest BCUT2D eigenvalue weighted by Crippen LogP contribution is -2.29. The Bertz CT molecular complexity index is 1500. The molecule has 1 saturated heterocycles. The van der Waals surface area contributed by atoms with Gasteiger partial charge in [0, 0.05) is 18.3 Å². The van der Waals surface area contributed by atoms with E-state index in [-0.39, 0.29) is 23.5 Å². The lowest BCUT2D eigenvalue weighted by atomic mass is 9.94. The van der Waals surface area contributed by atoms with Crippen LogP contribution in [0.25, 0.3) is 5.76 Å². The Labute approximate surface area is 225 Å². The fourth-order valence-corrected chi connectivity index (χ4v) is 4.88. The zero-order valence-electron chi connectivity index (χ0n) is 21.8. The van der Waals surface area contributed by atoms with Gasteiger partial charge in [-0.05, 0) is 61.0 Å². The summed E-state index contributed by atoms with van der Waals surface area (Å²) in [5.41, 5.74) is 2.16. The number of anilines is 2. The second-order valence-electron chi connectivity index (χ2n) is 9.17. The quantitative estimate of drug-likeness (QED) is 0.218. The van der Waals surface area contributed by atoms with Crippen molar-refractivity contribution in [1.82, 2.24) is 0 Å². The van der Waals surface area contributed by atoms with Crippen molar-refractivity contribution in [3.63, 3.8) is 0 Å². The highest BCUT2D eigenvalue weighted by atomic mass is 16.5. The number of methoxy groups -OCH3 is 1. The van der Waals surface area contributed by atoms with E-state index in [1.807, 2.05) is 11.9 Å². The molecule has 3 aromatic rings. The number of nitrogens with zero attached hydrogens (tertiary/aromatic N) is 2. The van der Waals surface area contributed by atoms with E-state index in [0.29, 0.717) is 41.5 Å². The molecule has 0 radical (unpaired) electrons. The molecule has 0 spiro atoms. The van der Waals surface area contributed by atoms with Crippen molar-refractivity contribution in [2.75, 3.05) is 43.7 Å². The largest absolute Gasteiger partial charge is 0.507 e. The van der Waals surface area contributed by atoms with Crippen molar-refractivity contribution >= 4 is 34.8 Å². The number of aliphatic hydroxyl groups excluding tert-OH is 1. The second-order valence-corrected chi connectivity index (χ2v) is 9.17. The average Bonchev–Trinajstić information content (AvgIpc) is 3.23. The minimum Gasteiger partial charge on any atom is -0.507 e. The van der Waals surface area contributed by atoms with Gasteiger partial charge in [0.25, 0.3) is 11.7 Å². The number of esters is 1. The second kappa shape index (κ2) is 10.5. The molecule has 9 heteroatoms. The molecule has 1 fully saturated rings. The first-order valence-electron chi connectivity index (χ1n) is 12.5. The number of hydrogen-bond acceptors (Lipinski definition) is 8. The van der Waals surface area contributed by atoms with Crippen molar-refractivity contribution in [2.24, 2.45) is 0 Å². The fourth-order valence-electron chi connectivity index (χ4n) is 4.88. The molecule has 2 aliphatic heterocycles. The van der Waals surface area contributed by atoms with Crippen LogP contribution < -0.4 is 19.3 Å². The zero-order chi connectivity index (χ0) is 27.7. The number of amides is 1. The lowest BCUT2D eigenvalue weighted by molar-refractivity contribution is -0.132. The van der Waals surface area contributed by atoms with Crippen LogP contribution in [0.1, 0.15) is 34.5 Å². The number of rotatable bonds is 6. The standard InChI is InChI=1S/C30H28N2O7/c1-4-38-30(36)20-8-5-9-21(15-20)32-26(18-7-6-10-22(16-18)37-3)25(28(34)29(32)35)27(33)19-11-12-24-23(17-19)31(2)13-14-39-24/h5-12,15-17,26,33H,4,13-14H2,1-3H3/b27-25-. The number of hydrogen-bond donors (Lipinski definition) is 1. The molecule has 5 rings (SSSR count). The SMILES string of the molecule is CCOC(=O)c1cccc(N2C(=O)C(=O)/C(=C(\O)c3ccc4c(c3)N(C)CCO4)C2c2cccc(OC)c2)c1. The Morgan fingerprint density at radius 1 is 1.05 bits per heavy atom. The normalized spacial score (nSPS) is 18.0. The van der Waals surface area contributed by atoms with E-state index in [1.54, 1.807) is 67.6 Å². The van der Waals surface area contributed by atoms with Crippen LogP contribution >= 0.6 is 0 Å². The first-order chi connectivity index (χ1) is 18.8. The van der Waals surface area contributed by atoms with Crippen LogP contribution in [-0.4, -0.2) is 56.7 Å². The van der Waals surface area contributed by atoms with Crippen LogP contribution in [0.4, 0.5) is 11.4 Å². The highest BCUT2D eigenvalue weighted by molar-refractivity contribution is 6.51. The molecular formula is C30H28N2O7. The highest BCUT2D eigenvalue weighted by Crippen LogP contribution is 2.44. The van der Waals surface area contributed by atoms with Crippen LogP contribution in [-0.2, 0) is 14.3 Å². The number of ketones is 1. The van der Waals surface area contributed by atoms with Gasteiger partial charge in [-0.3, -0.25) is 14.5 Å². The third-order valence-corrected chi connectivity index (χ3v) is 6.82. The molecule has 39 heavy (non-hydrogen) atoms. The van der Waals surface area contributed by atoms with E-state index in [0.717, 1.165) is 5.69 Å². The van der Waals surface area contributed by atoms with Crippen LogP contribution in [0.5, 0.6) is 11.5 Å². The number of carbonyl (C=O) groups is 3. The molecule has 0 saturated carbocycles. The van der Waals surface area contributed by atoms with Crippen molar-refractivity contribution in [1.29, 1.82) is 0 Å². The van der Waals surface area contributed by atoms with E-state index in [4.69, 9.17) is 14.2 Å². The Morgan fingerprint density at radius 3 is 2.62 bits per heavy atom. The predicted octanol–water partition coefficient (Wildman–Crippen LogP) is 4.33. The summed E-state index contributed by atoms with van der Waals surface area (Å²) in [6, 6.07) is 17.4. The summed E-state index contributed by atoms with van der Waals surface area (Å²) in [5.74, 6) is -1.35. The fraction of sp³-hybridized carbons (Fsp3) is 0.233. The molecule has 0 aliphatic carbocycles. The predicted molar refractivity (Wildman–Crippen MR) is 145 cm³/mol. The summed E-state index contributed by atoms with van der Waals surface area (Å²) in [6.07, 6.45) is 0. The summed E-state index contributed by atoms with van der Waals surface area (Å²) in [7, 11) is 3.43. The Kier molecular flexibility index (Phi) is 6.98. The molecular weight excluding hydrogens is 500 g/mol. The molecule has 200 valence electrons. The molecule has 0 aromatic heterocycles. The molecule has 9 nitrogen and oxygen atoms in total. The molecule has 2 heterocycles. The van der Waals surface area contributed by atoms with Crippen molar-refractivity contribution in [3.8, 4) is 11.5 Å². The Morgan fingerprint density at radius 2 is 1.85 bits per heavy atom. The summed E-state index contributed by atoms with van der Waals surface area (Å²) in [5, 5.41) is 11.5. The monoisotopic (exact) mass is 528 g/mol. The van der Waals surface area contributed by atoms with Crippen LogP contribution in [0, 0.1) is 0 Å².